The van der Waals surface area contributed by atoms with Crippen molar-refractivity contribution in [3.05, 3.63) is 58.1 Å². The third-order valence-electron chi connectivity index (χ3n) is 4.86. The van der Waals surface area contributed by atoms with Crippen LogP contribution in [0.4, 0.5) is 0 Å². The lowest BCUT2D eigenvalue weighted by Crippen LogP contribution is -2.44. The highest BCUT2D eigenvalue weighted by Crippen LogP contribution is 2.39. The zero-order chi connectivity index (χ0) is 24.7. The number of nitrogens with zero attached hydrogens (tertiary/aromatic N) is 2. The predicted molar refractivity (Wildman–Crippen MR) is 126 cm³/mol. The molecule has 1 heterocycles. The first-order chi connectivity index (χ1) is 16.4. The number of para-hydroxylation sites is 1. The van der Waals surface area contributed by atoms with Gasteiger partial charge in [-0.05, 0) is 51.5 Å². The second-order valence-electron chi connectivity index (χ2n) is 7.25. The van der Waals surface area contributed by atoms with Crippen LogP contribution in [0.1, 0.15) is 36.7 Å². The summed E-state index contributed by atoms with van der Waals surface area (Å²) in [5, 5.41) is 0.417. The minimum Gasteiger partial charge on any atom is -0.490 e. The normalized spacial score (nSPS) is 10.6. The summed E-state index contributed by atoms with van der Waals surface area (Å²) in [6.45, 7) is 8.12. The maximum absolute atomic E-state index is 12.7. The number of ether oxygens (including phenoxy) is 3. The molecule has 2 aromatic carbocycles. The van der Waals surface area contributed by atoms with Crippen LogP contribution >= 0.6 is 0 Å². The van der Waals surface area contributed by atoms with Gasteiger partial charge in [-0.25, -0.2) is 4.98 Å². The standard InChI is InChI=1S/C24H28N4O6/c1-5-32-18-11-16(12-19(33-6-2)22(18)34-7-3)23(30)27-26-20(29)13-28-14-25-21-15(4)9-8-10-17(21)24(28)31/h8-12,14H,5-7,13H2,1-4H3,(H,26,29)(H,27,30). The van der Waals surface area contributed by atoms with Crippen molar-refractivity contribution in [2.45, 2.75) is 34.2 Å². The molecule has 0 saturated heterocycles. The summed E-state index contributed by atoms with van der Waals surface area (Å²) in [6, 6.07) is 8.30. The van der Waals surface area contributed by atoms with Crippen molar-refractivity contribution in [1.82, 2.24) is 20.4 Å². The van der Waals surface area contributed by atoms with E-state index in [1.165, 1.54) is 23.0 Å². The minimum absolute atomic E-state index is 0.204. The Morgan fingerprint density at radius 1 is 0.971 bits per heavy atom. The molecule has 10 nitrogen and oxygen atoms in total. The average Bonchev–Trinajstić information content (AvgIpc) is 2.82. The van der Waals surface area contributed by atoms with E-state index >= 15 is 0 Å². The Labute approximate surface area is 196 Å². The summed E-state index contributed by atoms with van der Waals surface area (Å²) >= 11 is 0. The number of hydrazine groups is 1. The van der Waals surface area contributed by atoms with E-state index < -0.39 is 11.8 Å². The van der Waals surface area contributed by atoms with Gasteiger partial charge in [0.05, 0.1) is 37.1 Å². The quantitative estimate of drug-likeness (QED) is 0.463. The number of hydrogen-bond donors (Lipinski definition) is 2. The summed E-state index contributed by atoms with van der Waals surface area (Å²) < 4.78 is 18.0. The Balaban J connectivity index is 1.74. The fraction of sp³-hybridized carbons (Fsp3) is 0.333. The van der Waals surface area contributed by atoms with E-state index in [4.69, 9.17) is 14.2 Å². The predicted octanol–water partition coefficient (Wildman–Crippen LogP) is 2.36. The van der Waals surface area contributed by atoms with Crippen molar-refractivity contribution in [2.24, 2.45) is 0 Å². The number of rotatable bonds is 9. The molecule has 0 radical (unpaired) electrons. The molecule has 0 unspecified atom stereocenters. The molecule has 0 bridgehead atoms. The maximum atomic E-state index is 12.7. The first kappa shape index (κ1) is 24.6. The Morgan fingerprint density at radius 2 is 1.62 bits per heavy atom. The highest BCUT2D eigenvalue weighted by Gasteiger charge is 2.19. The van der Waals surface area contributed by atoms with E-state index in [1.807, 2.05) is 33.8 Å². The number of carbonyl (C=O) groups is 2. The number of fused-ring (bicyclic) bond motifs is 1. The average molecular weight is 469 g/mol. The summed E-state index contributed by atoms with van der Waals surface area (Å²) in [5.74, 6) is -0.0555. The zero-order valence-corrected chi connectivity index (χ0v) is 19.6. The molecule has 2 amide bonds. The Bertz CT molecular complexity index is 1230. The molecule has 10 heteroatoms. The largest absolute Gasteiger partial charge is 0.490 e. The summed E-state index contributed by atoms with van der Waals surface area (Å²) in [6.07, 6.45) is 1.31. The van der Waals surface area contributed by atoms with Gasteiger partial charge >= 0.3 is 0 Å². The van der Waals surface area contributed by atoms with Crippen molar-refractivity contribution in [1.29, 1.82) is 0 Å². The second kappa shape index (κ2) is 11.2. The summed E-state index contributed by atoms with van der Waals surface area (Å²) in [7, 11) is 0. The van der Waals surface area contributed by atoms with Gasteiger partial charge < -0.3 is 14.2 Å². The molecule has 3 aromatic rings. The SMILES string of the molecule is CCOc1cc(C(=O)NNC(=O)Cn2cnc3c(C)cccc3c2=O)cc(OCC)c1OCC. The molecule has 0 spiro atoms. The van der Waals surface area contributed by atoms with Gasteiger partial charge in [-0.1, -0.05) is 12.1 Å². The summed E-state index contributed by atoms with van der Waals surface area (Å²) in [4.78, 5) is 42.0. The van der Waals surface area contributed by atoms with Crippen LogP contribution in [0.2, 0.25) is 0 Å². The van der Waals surface area contributed by atoms with E-state index in [0.29, 0.717) is 48.0 Å². The Kier molecular flexibility index (Phi) is 8.07. The van der Waals surface area contributed by atoms with Crippen LogP contribution in [0.25, 0.3) is 10.9 Å². The van der Waals surface area contributed by atoms with Gasteiger partial charge in [0.1, 0.15) is 6.54 Å². The van der Waals surface area contributed by atoms with Crippen molar-refractivity contribution in [3.8, 4) is 17.2 Å². The third kappa shape index (κ3) is 5.45. The molecule has 2 N–H and O–H groups in total. The van der Waals surface area contributed by atoms with Crippen molar-refractivity contribution >= 4 is 22.7 Å². The number of benzene rings is 2. The fourth-order valence-corrected chi connectivity index (χ4v) is 3.36. The highest BCUT2D eigenvalue weighted by atomic mass is 16.5. The molecular weight excluding hydrogens is 440 g/mol. The van der Waals surface area contributed by atoms with Gasteiger partial charge in [-0.2, -0.15) is 0 Å². The second-order valence-corrected chi connectivity index (χ2v) is 7.25. The number of nitrogens with one attached hydrogen (secondary N) is 2. The van der Waals surface area contributed by atoms with Crippen LogP contribution in [-0.4, -0.2) is 41.2 Å². The molecule has 34 heavy (non-hydrogen) atoms. The monoisotopic (exact) mass is 468 g/mol. The lowest BCUT2D eigenvalue weighted by molar-refractivity contribution is -0.122. The first-order valence-electron chi connectivity index (χ1n) is 11.0. The van der Waals surface area contributed by atoms with E-state index in [-0.39, 0.29) is 17.7 Å². The molecule has 1 aromatic heterocycles. The first-order valence-corrected chi connectivity index (χ1v) is 11.0. The van der Waals surface area contributed by atoms with Crippen LogP contribution in [0.3, 0.4) is 0 Å². The minimum atomic E-state index is -0.592. The Morgan fingerprint density at radius 3 is 2.24 bits per heavy atom. The summed E-state index contributed by atoms with van der Waals surface area (Å²) in [5.41, 5.74) is 5.98. The molecule has 0 aliphatic carbocycles. The smallest absolute Gasteiger partial charge is 0.269 e. The van der Waals surface area contributed by atoms with Gasteiger partial charge in [0.2, 0.25) is 5.75 Å². The van der Waals surface area contributed by atoms with Gasteiger partial charge in [0.25, 0.3) is 17.4 Å². The van der Waals surface area contributed by atoms with E-state index in [0.717, 1.165) is 5.56 Å². The van der Waals surface area contributed by atoms with Crippen LogP contribution in [0.15, 0.2) is 41.5 Å². The van der Waals surface area contributed by atoms with E-state index in [9.17, 15) is 14.4 Å². The molecular formula is C24H28N4O6. The van der Waals surface area contributed by atoms with Crippen LogP contribution in [0, 0.1) is 6.92 Å². The van der Waals surface area contributed by atoms with Crippen molar-refractivity contribution < 1.29 is 23.8 Å². The van der Waals surface area contributed by atoms with Crippen LogP contribution < -0.4 is 30.6 Å². The van der Waals surface area contributed by atoms with E-state index in [2.05, 4.69) is 15.8 Å². The van der Waals surface area contributed by atoms with Gasteiger partial charge in [-0.15, -0.1) is 0 Å². The highest BCUT2D eigenvalue weighted by molar-refractivity contribution is 5.96. The third-order valence-corrected chi connectivity index (χ3v) is 4.86. The molecule has 0 atom stereocenters. The van der Waals surface area contributed by atoms with Crippen LogP contribution in [0.5, 0.6) is 17.2 Å². The molecule has 3 rings (SSSR count). The van der Waals surface area contributed by atoms with Gasteiger partial charge in [0.15, 0.2) is 11.5 Å². The topological polar surface area (TPSA) is 121 Å². The lowest BCUT2D eigenvalue weighted by atomic mass is 10.1. The number of amides is 2. The maximum Gasteiger partial charge on any atom is 0.269 e. The number of aryl methyl sites for hydroxylation is 1. The molecule has 0 fully saturated rings. The number of carbonyl (C=O) groups excluding carboxylic acids is 2. The number of aromatic nitrogens is 2. The van der Waals surface area contributed by atoms with Gasteiger partial charge in [0, 0.05) is 5.56 Å². The van der Waals surface area contributed by atoms with Crippen molar-refractivity contribution in [2.75, 3.05) is 19.8 Å². The molecule has 180 valence electrons. The van der Waals surface area contributed by atoms with Crippen LogP contribution in [-0.2, 0) is 11.3 Å². The van der Waals surface area contributed by atoms with Gasteiger partial charge in [-0.3, -0.25) is 29.8 Å². The molecule has 0 saturated carbocycles. The zero-order valence-electron chi connectivity index (χ0n) is 19.6. The van der Waals surface area contributed by atoms with E-state index in [1.54, 1.807) is 12.1 Å². The molecule has 0 aliphatic rings. The van der Waals surface area contributed by atoms with Crippen molar-refractivity contribution in [3.63, 3.8) is 0 Å². The fourth-order valence-electron chi connectivity index (χ4n) is 3.36. The molecule has 0 aliphatic heterocycles. The number of hydrogen-bond acceptors (Lipinski definition) is 7. The lowest BCUT2D eigenvalue weighted by Gasteiger charge is -2.17. The Hall–Kier alpha value is -4.08.